The Kier molecular flexibility index (Phi) is 4.63. The van der Waals surface area contributed by atoms with E-state index in [1.54, 1.807) is 23.1 Å². The number of Topliss-reactive ketones (excluding diaryl/α,β-unsaturated/α-hetero) is 1. The highest BCUT2D eigenvalue weighted by Gasteiger charge is 2.30. The Morgan fingerprint density at radius 3 is 2.44 bits per heavy atom. The van der Waals surface area contributed by atoms with E-state index in [1.165, 1.54) is 6.07 Å². The molecule has 136 valence electrons. The molecule has 3 aromatic carbocycles. The van der Waals surface area contributed by atoms with Crippen LogP contribution in [0.1, 0.15) is 33.6 Å². The lowest BCUT2D eigenvalue weighted by Gasteiger charge is -2.32. The number of piperidine rings is 1. The number of phenolic OH excluding ortho intramolecular Hbond substituents is 1. The van der Waals surface area contributed by atoms with E-state index in [0.29, 0.717) is 13.1 Å². The van der Waals surface area contributed by atoms with Crippen LogP contribution in [0.5, 0.6) is 5.75 Å². The summed E-state index contributed by atoms with van der Waals surface area (Å²) in [7, 11) is 0. The quantitative estimate of drug-likeness (QED) is 0.710. The van der Waals surface area contributed by atoms with E-state index >= 15 is 0 Å². The highest BCUT2D eigenvalue weighted by molar-refractivity contribution is 6.09. The highest BCUT2D eigenvalue weighted by Crippen LogP contribution is 2.27. The molecule has 0 spiro atoms. The van der Waals surface area contributed by atoms with E-state index in [2.05, 4.69) is 0 Å². The average molecular weight is 359 g/mol. The SMILES string of the molecule is O=C(c1cccc2ccccc12)C1CCCN(C(=O)c2ccccc2O)C1. The minimum absolute atomic E-state index is 0.0231. The first-order valence-corrected chi connectivity index (χ1v) is 9.24. The standard InChI is InChI=1S/C23H21NO3/c25-21-13-4-3-11-20(21)23(27)24-14-6-9-17(15-24)22(26)19-12-5-8-16-7-1-2-10-18(16)19/h1-5,7-8,10-13,17,25H,6,9,14-15H2. The molecule has 1 N–H and O–H groups in total. The maximum atomic E-state index is 13.2. The summed E-state index contributed by atoms with van der Waals surface area (Å²) in [6, 6.07) is 20.2. The van der Waals surface area contributed by atoms with Crippen LogP contribution < -0.4 is 0 Å². The third-order valence-corrected chi connectivity index (χ3v) is 5.27. The Balaban J connectivity index is 1.58. The van der Waals surface area contributed by atoms with Crippen molar-refractivity contribution >= 4 is 22.5 Å². The second-order valence-corrected chi connectivity index (χ2v) is 7.00. The van der Waals surface area contributed by atoms with Crippen LogP contribution >= 0.6 is 0 Å². The molecule has 0 bridgehead atoms. The Morgan fingerprint density at radius 1 is 0.889 bits per heavy atom. The predicted molar refractivity (Wildman–Crippen MR) is 105 cm³/mol. The van der Waals surface area contributed by atoms with E-state index in [1.807, 2.05) is 42.5 Å². The van der Waals surface area contributed by atoms with Gasteiger partial charge in [0.15, 0.2) is 5.78 Å². The van der Waals surface area contributed by atoms with E-state index in [0.717, 1.165) is 29.2 Å². The predicted octanol–water partition coefficient (Wildman–Crippen LogP) is 4.28. The number of benzene rings is 3. The number of hydrogen-bond donors (Lipinski definition) is 1. The van der Waals surface area contributed by atoms with Crippen molar-refractivity contribution in [1.29, 1.82) is 0 Å². The van der Waals surface area contributed by atoms with Crippen molar-refractivity contribution in [2.75, 3.05) is 13.1 Å². The number of rotatable bonds is 3. The zero-order chi connectivity index (χ0) is 18.8. The molecule has 0 radical (unpaired) electrons. The zero-order valence-electron chi connectivity index (χ0n) is 15.0. The van der Waals surface area contributed by atoms with Gasteiger partial charge in [-0.25, -0.2) is 0 Å². The summed E-state index contributed by atoms with van der Waals surface area (Å²) in [6.07, 6.45) is 1.55. The first-order valence-electron chi connectivity index (χ1n) is 9.24. The van der Waals surface area contributed by atoms with E-state index < -0.39 is 0 Å². The van der Waals surface area contributed by atoms with Gasteiger partial charge >= 0.3 is 0 Å². The Labute approximate surface area is 158 Å². The summed E-state index contributed by atoms with van der Waals surface area (Å²) in [5.74, 6) is -0.380. The molecule has 1 atom stereocenters. The molecular weight excluding hydrogens is 338 g/mol. The Hall–Kier alpha value is -3.14. The molecule has 27 heavy (non-hydrogen) atoms. The molecular formula is C23H21NO3. The fourth-order valence-electron chi connectivity index (χ4n) is 3.86. The van der Waals surface area contributed by atoms with E-state index in [-0.39, 0.29) is 28.9 Å². The molecule has 1 fully saturated rings. The van der Waals surface area contributed by atoms with Gasteiger partial charge in [0.1, 0.15) is 5.75 Å². The number of aromatic hydroxyl groups is 1. The fourth-order valence-corrected chi connectivity index (χ4v) is 3.86. The molecule has 1 unspecified atom stereocenters. The number of carbonyl (C=O) groups excluding carboxylic acids is 2. The number of ketones is 1. The number of carbonyl (C=O) groups is 2. The summed E-state index contributed by atoms with van der Waals surface area (Å²) >= 11 is 0. The monoisotopic (exact) mass is 359 g/mol. The molecule has 1 aliphatic rings. The lowest BCUT2D eigenvalue weighted by atomic mass is 9.87. The van der Waals surface area contributed by atoms with Gasteiger partial charge in [-0.3, -0.25) is 9.59 Å². The molecule has 3 aromatic rings. The van der Waals surface area contributed by atoms with Gasteiger partial charge in [0.2, 0.25) is 0 Å². The van der Waals surface area contributed by atoms with E-state index in [9.17, 15) is 14.7 Å². The molecule has 4 heteroatoms. The molecule has 0 saturated carbocycles. The number of para-hydroxylation sites is 1. The van der Waals surface area contributed by atoms with Gasteiger partial charge < -0.3 is 10.0 Å². The molecule has 1 amide bonds. The van der Waals surface area contributed by atoms with Gasteiger partial charge in [-0.1, -0.05) is 54.6 Å². The van der Waals surface area contributed by atoms with Gasteiger partial charge in [-0.15, -0.1) is 0 Å². The summed E-state index contributed by atoms with van der Waals surface area (Å²) in [4.78, 5) is 27.7. The van der Waals surface area contributed by atoms with Crippen LogP contribution in [0.3, 0.4) is 0 Å². The van der Waals surface area contributed by atoms with Crippen molar-refractivity contribution in [2.24, 2.45) is 5.92 Å². The smallest absolute Gasteiger partial charge is 0.257 e. The van der Waals surface area contributed by atoms with Crippen LogP contribution in [0.15, 0.2) is 66.7 Å². The zero-order valence-corrected chi connectivity index (χ0v) is 15.0. The molecule has 0 aromatic heterocycles. The summed E-state index contributed by atoms with van der Waals surface area (Å²) in [5, 5.41) is 12.0. The third kappa shape index (κ3) is 3.31. The van der Waals surface area contributed by atoms with Crippen LogP contribution in [-0.2, 0) is 0 Å². The maximum absolute atomic E-state index is 13.2. The average Bonchev–Trinajstić information content (AvgIpc) is 2.73. The number of likely N-dealkylation sites (tertiary alicyclic amines) is 1. The lowest BCUT2D eigenvalue weighted by Crippen LogP contribution is -2.42. The van der Waals surface area contributed by atoms with Gasteiger partial charge in [-0.2, -0.15) is 0 Å². The van der Waals surface area contributed by atoms with Crippen LogP contribution in [0, 0.1) is 5.92 Å². The van der Waals surface area contributed by atoms with Crippen molar-refractivity contribution in [3.05, 3.63) is 77.9 Å². The largest absolute Gasteiger partial charge is 0.507 e. The first-order chi connectivity index (χ1) is 13.1. The van der Waals surface area contributed by atoms with Crippen molar-refractivity contribution < 1.29 is 14.7 Å². The molecule has 0 aliphatic carbocycles. The maximum Gasteiger partial charge on any atom is 0.257 e. The lowest BCUT2D eigenvalue weighted by molar-refractivity contribution is 0.0635. The Bertz CT molecular complexity index is 1010. The van der Waals surface area contributed by atoms with Crippen molar-refractivity contribution in [3.8, 4) is 5.75 Å². The number of fused-ring (bicyclic) bond motifs is 1. The van der Waals surface area contributed by atoms with Crippen molar-refractivity contribution in [2.45, 2.75) is 12.8 Å². The number of phenols is 1. The normalized spacial score (nSPS) is 17.0. The van der Waals surface area contributed by atoms with Crippen molar-refractivity contribution in [3.63, 3.8) is 0 Å². The minimum atomic E-state index is -0.223. The van der Waals surface area contributed by atoms with E-state index in [4.69, 9.17) is 0 Å². The van der Waals surface area contributed by atoms with Crippen LogP contribution in [0.2, 0.25) is 0 Å². The van der Waals surface area contributed by atoms with Gasteiger partial charge in [-0.05, 0) is 35.7 Å². The number of nitrogens with zero attached hydrogens (tertiary/aromatic N) is 1. The molecule has 4 nitrogen and oxygen atoms in total. The van der Waals surface area contributed by atoms with Crippen molar-refractivity contribution in [1.82, 2.24) is 4.90 Å². The number of amides is 1. The molecule has 1 saturated heterocycles. The number of hydrogen-bond acceptors (Lipinski definition) is 3. The van der Waals surface area contributed by atoms with Gasteiger partial charge in [0.25, 0.3) is 5.91 Å². The third-order valence-electron chi connectivity index (χ3n) is 5.27. The molecule has 1 aliphatic heterocycles. The topological polar surface area (TPSA) is 57.6 Å². The first kappa shape index (κ1) is 17.3. The summed E-state index contributed by atoms with van der Waals surface area (Å²) in [5.41, 5.74) is 1.01. The molecule has 1 heterocycles. The summed E-state index contributed by atoms with van der Waals surface area (Å²) in [6.45, 7) is 0.988. The van der Waals surface area contributed by atoms with Crippen LogP contribution in [0.25, 0.3) is 10.8 Å². The summed E-state index contributed by atoms with van der Waals surface area (Å²) < 4.78 is 0. The second-order valence-electron chi connectivity index (χ2n) is 7.00. The molecule has 4 rings (SSSR count). The Morgan fingerprint density at radius 2 is 1.59 bits per heavy atom. The van der Waals surface area contributed by atoms with Crippen LogP contribution in [-0.4, -0.2) is 34.8 Å². The van der Waals surface area contributed by atoms with Crippen LogP contribution in [0.4, 0.5) is 0 Å². The minimum Gasteiger partial charge on any atom is -0.507 e. The van der Waals surface area contributed by atoms with Gasteiger partial charge in [0.05, 0.1) is 5.56 Å². The second kappa shape index (κ2) is 7.23. The van der Waals surface area contributed by atoms with Gasteiger partial charge in [0, 0.05) is 24.6 Å². The highest BCUT2D eigenvalue weighted by atomic mass is 16.3. The fraction of sp³-hybridized carbons (Fsp3) is 0.217.